The molecule has 0 bridgehead atoms. The van der Waals surface area contributed by atoms with E-state index in [1.807, 2.05) is 25.1 Å². The number of aromatic nitrogens is 3. The first-order valence-corrected chi connectivity index (χ1v) is 8.93. The molecular formula is C15H21N5O3S. The molecule has 0 amide bonds. The van der Waals surface area contributed by atoms with Gasteiger partial charge in [-0.05, 0) is 12.5 Å². The zero-order valence-electron chi connectivity index (χ0n) is 14.1. The summed E-state index contributed by atoms with van der Waals surface area (Å²) in [7, 11) is 1.49. The Morgan fingerprint density at radius 2 is 1.96 bits per heavy atom. The number of benzene rings is 1. The average Bonchev–Trinajstić information content (AvgIpc) is 2.52. The van der Waals surface area contributed by atoms with Crippen molar-refractivity contribution < 1.29 is 13.2 Å². The van der Waals surface area contributed by atoms with E-state index >= 15 is 0 Å². The molecule has 0 saturated carbocycles. The molecule has 0 aliphatic rings. The molecule has 0 atom stereocenters. The van der Waals surface area contributed by atoms with Crippen molar-refractivity contribution in [2.45, 2.75) is 19.2 Å². The lowest BCUT2D eigenvalue weighted by atomic mass is 10.2. The highest BCUT2D eigenvalue weighted by Crippen LogP contribution is 2.11. The molecule has 1 aromatic carbocycles. The summed E-state index contributed by atoms with van der Waals surface area (Å²) in [5, 5.41) is 0. The maximum Gasteiger partial charge on any atom is 0.321 e. The van der Waals surface area contributed by atoms with Gasteiger partial charge in [-0.25, -0.2) is 13.1 Å². The van der Waals surface area contributed by atoms with Crippen LogP contribution >= 0.6 is 0 Å². The van der Waals surface area contributed by atoms with E-state index in [2.05, 4.69) is 19.7 Å². The Kier molecular flexibility index (Phi) is 5.68. The van der Waals surface area contributed by atoms with E-state index in [1.54, 1.807) is 25.1 Å². The van der Waals surface area contributed by atoms with Gasteiger partial charge in [0.05, 0.1) is 19.4 Å². The first-order valence-electron chi connectivity index (χ1n) is 7.28. The molecule has 130 valence electrons. The topological polar surface area (TPSA) is 97.3 Å². The summed E-state index contributed by atoms with van der Waals surface area (Å²) < 4.78 is 32.0. The van der Waals surface area contributed by atoms with Gasteiger partial charge in [0, 0.05) is 14.1 Å². The van der Waals surface area contributed by atoms with Gasteiger partial charge in [0.2, 0.25) is 16.0 Å². The summed E-state index contributed by atoms with van der Waals surface area (Å²) in [5.41, 5.74) is 1.74. The standard InChI is InChI=1S/C15H21N5O3S/c1-11-6-5-7-12(8-11)10-24(21,22)16-9-13-17-14(20(2)3)19-15(18-13)23-4/h5-8,16H,9-10H2,1-4H3. The van der Waals surface area contributed by atoms with Crippen LogP contribution in [-0.4, -0.2) is 44.6 Å². The van der Waals surface area contributed by atoms with Gasteiger partial charge in [-0.15, -0.1) is 0 Å². The number of aryl methyl sites for hydroxylation is 1. The van der Waals surface area contributed by atoms with Crippen molar-refractivity contribution in [3.05, 3.63) is 41.2 Å². The lowest BCUT2D eigenvalue weighted by Gasteiger charge is -2.12. The highest BCUT2D eigenvalue weighted by molar-refractivity contribution is 7.88. The molecule has 2 rings (SSSR count). The fourth-order valence-electron chi connectivity index (χ4n) is 2.00. The molecule has 24 heavy (non-hydrogen) atoms. The SMILES string of the molecule is COc1nc(CNS(=O)(=O)Cc2cccc(C)c2)nc(N(C)C)n1. The fourth-order valence-corrected chi connectivity index (χ4v) is 3.07. The van der Waals surface area contributed by atoms with Gasteiger partial charge in [0.25, 0.3) is 0 Å². The lowest BCUT2D eigenvalue weighted by Crippen LogP contribution is -2.26. The van der Waals surface area contributed by atoms with Crippen LogP contribution in [0, 0.1) is 6.92 Å². The van der Waals surface area contributed by atoms with Gasteiger partial charge in [-0.1, -0.05) is 29.8 Å². The minimum Gasteiger partial charge on any atom is -0.467 e. The highest BCUT2D eigenvalue weighted by Gasteiger charge is 2.14. The monoisotopic (exact) mass is 351 g/mol. The van der Waals surface area contributed by atoms with Gasteiger partial charge in [-0.2, -0.15) is 15.0 Å². The maximum absolute atomic E-state index is 12.2. The van der Waals surface area contributed by atoms with Crippen LogP contribution in [0.1, 0.15) is 17.0 Å². The van der Waals surface area contributed by atoms with Crippen molar-refractivity contribution in [1.82, 2.24) is 19.7 Å². The van der Waals surface area contributed by atoms with Crippen LogP contribution < -0.4 is 14.4 Å². The smallest absolute Gasteiger partial charge is 0.321 e. The van der Waals surface area contributed by atoms with E-state index in [9.17, 15) is 8.42 Å². The molecule has 2 aromatic rings. The maximum atomic E-state index is 12.2. The third kappa shape index (κ3) is 5.14. The molecule has 1 aromatic heterocycles. The summed E-state index contributed by atoms with van der Waals surface area (Å²) in [6, 6.07) is 7.52. The van der Waals surface area contributed by atoms with Crippen LogP contribution in [0.4, 0.5) is 5.95 Å². The first-order chi connectivity index (χ1) is 11.3. The average molecular weight is 351 g/mol. The fraction of sp³-hybridized carbons (Fsp3) is 0.400. The van der Waals surface area contributed by atoms with Crippen molar-refractivity contribution in [2.24, 2.45) is 0 Å². The van der Waals surface area contributed by atoms with Crippen molar-refractivity contribution in [3.8, 4) is 6.01 Å². The Morgan fingerprint density at radius 3 is 2.58 bits per heavy atom. The molecular weight excluding hydrogens is 330 g/mol. The zero-order valence-corrected chi connectivity index (χ0v) is 15.0. The van der Waals surface area contributed by atoms with Gasteiger partial charge in [0.15, 0.2) is 5.82 Å². The Morgan fingerprint density at radius 1 is 1.21 bits per heavy atom. The number of methoxy groups -OCH3 is 1. The number of sulfonamides is 1. The van der Waals surface area contributed by atoms with E-state index in [4.69, 9.17) is 4.74 Å². The predicted molar refractivity (Wildman–Crippen MR) is 91.3 cm³/mol. The molecule has 0 aliphatic heterocycles. The molecule has 0 unspecified atom stereocenters. The summed E-state index contributed by atoms with van der Waals surface area (Å²) >= 11 is 0. The van der Waals surface area contributed by atoms with Gasteiger partial charge >= 0.3 is 6.01 Å². The van der Waals surface area contributed by atoms with Crippen molar-refractivity contribution in [1.29, 1.82) is 0 Å². The second-order valence-corrected chi connectivity index (χ2v) is 7.31. The van der Waals surface area contributed by atoms with Gasteiger partial charge in [0.1, 0.15) is 0 Å². The second kappa shape index (κ2) is 7.54. The Hall–Kier alpha value is -2.26. The summed E-state index contributed by atoms with van der Waals surface area (Å²) in [6.45, 7) is 1.89. The number of anilines is 1. The van der Waals surface area contributed by atoms with E-state index in [0.717, 1.165) is 11.1 Å². The van der Waals surface area contributed by atoms with Crippen LogP contribution in [0.5, 0.6) is 6.01 Å². The first kappa shape index (κ1) is 18.1. The van der Waals surface area contributed by atoms with Crippen LogP contribution in [0.3, 0.4) is 0 Å². The highest BCUT2D eigenvalue weighted by atomic mass is 32.2. The third-order valence-corrected chi connectivity index (χ3v) is 4.42. The Labute approximate surface area is 142 Å². The van der Waals surface area contributed by atoms with Gasteiger partial charge in [-0.3, -0.25) is 0 Å². The van der Waals surface area contributed by atoms with E-state index in [0.29, 0.717) is 11.8 Å². The van der Waals surface area contributed by atoms with E-state index in [1.165, 1.54) is 7.11 Å². The molecule has 0 saturated heterocycles. The van der Waals surface area contributed by atoms with Crippen LogP contribution in [0.2, 0.25) is 0 Å². The Balaban J connectivity index is 2.10. The third-order valence-electron chi connectivity index (χ3n) is 3.12. The minimum absolute atomic E-state index is 0.0339. The number of hydrogen-bond donors (Lipinski definition) is 1. The molecule has 0 fully saturated rings. The molecule has 1 heterocycles. The van der Waals surface area contributed by atoms with E-state index in [-0.39, 0.29) is 18.3 Å². The van der Waals surface area contributed by atoms with Crippen molar-refractivity contribution >= 4 is 16.0 Å². The molecule has 8 nitrogen and oxygen atoms in total. The summed E-state index contributed by atoms with van der Waals surface area (Å²) in [5.74, 6) is 0.588. The number of ether oxygens (including phenoxy) is 1. The number of nitrogens with one attached hydrogen (secondary N) is 1. The Bertz CT molecular complexity index is 809. The normalized spacial score (nSPS) is 11.3. The largest absolute Gasteiger partial charge is 0.467 e. The summed E-state index contributed by atoms with van der Waals surface area (Å²) in [6.07, 6.45) is 0. The molecule has 0 spiro atoms. The number of rotatable bonds is 7. The van der Waals surface area contributed by atoms with Gasteiger partial charge < -0.3 is 9.64 Å². The molecule has 0 aliphatic carbocycles. The minimum atomic E-state index is -3.51. The van der Waals surface area contributed by atoms with Crippen LogP contribution in [0.15, 0.2) is 24.3 Å². The molecule has 0 radical (unpaired) electrons. The summed E-state index contributed by atoms with van der Waals surface area (Å²) in [4.78, 5) is 14.0. The molecule has 1 N–H and O–H groups in total. The lowest BCUT2D eigenvalue weighted by molar-refractivity contribution is 0.375. The number of hydrogen-bond acceptors (Lipinski definition) is 7. The van der Waals surface area contributed by atoms with E-state index < -0.39 is 10.0 Å². The number of nitrogens with zero attached hydrogens (tertiary/aromatic N) is 4. The van der Waals surface area contributed by atoms with Crippen LogP contribution in [0.25, 0.3) is 0 Å². The zero-order chi connectivity index (χ0) is 17.7. The molecule has 9 heteroatoms. The predicted octanol–water partition coefficient (Wildman–Crippen LogP) is 0.874. The van der Waals surface area contributed by atoms with Crippen molar-refractivity contribution in [2.75, 3.05) is 26.1 Å². The van der Waals surface area contributed by atoms with Crippen LogP contribution in [-0.2, 0) is 22.3 Å². The quantitative estimate of drug-likeness (QED) is 0.790. The van der Waals surface area contributed by atoms with Crippen molar-refractivity contribution in [3.63, 3.8) is 0 Å². The second-order valence-electron chi connectivity index (χ2n) is 5.50.